The van der Waals surface area contributed by atoms with Gasteiger partial charge in [-0.25, -0.2) is 9.78 Å². The van der Waals surface area contributed by atoms with Gasteiger partial charge in [-0.15, -0.1) is 22.7 Å². The number of anilines is 2. The molecule has 112 valence electrons. The summed E-state index contributed by atoms with van der Waals surface area (Å²) < 4.78 is 0. The van der Waals surface area contributed by atoms with Gasteiger partial charge in [-0.3, -0.25) is 5.32 Å². The van der Waals surface area contributed by atoms with Crippen molar-refractivity contribution in [2.45, 2.75) is 12.8 Å². The molecule has 5 nitrogen and oxygen atoms in total. The number of thiophene rings is 1. The summed E-state index contributed by atoms with van der Waals surface area (Å²) >= 11 is 3.20. The van der Waals surface area contributed by atoms with Gasteiger partial charge in [0.2, 0.25) is 0 Å². The zero-order valence-electron chi connectivity index (χ0n) is 11.6. The van der Waals surface area contributed by atoms with Crippen molar-refractivity contribution in [2.24, 2.45) is 5.92 Å². The lowest BCUT2D eigenvalue weighted by atomic mass is 9.98. The quantitative estimate of drug-likeness (QED) is 0.908. The van der Waals surface area contributed by atoms with Gasteiger partial charge in [0.1, 0.15) is 0 Å². The second-order valence-electron chi connectivity index (χ2n) is 5.08. The van der Waals surface area contributed by atoms with Gasteiger partial charge in [-0.1, -0.05) is 0 Å². The average Bonchev–Trinajstić information content (AvgIpc) is 3.19. The minimum atomic E-state index is -0.121. The smallest absolute Gasteiger partial charge is 0.319 e. The maximum absolute atomic E-state index is 11.8. The number of hydrogen-bond donors (Lipinski definition) is 2. The van der Waals surface area contributed by atoms with Crippen LogP contribution >= 0.6 is 22.7 Å². The first-order valence-electron chi connectivity index (χ1n) is 7.04. The molecular formula is C14H18N4OS2. The summed E-state index contributed by atoms with van der Waals surface area (Å²) in [5.41, 5.74) is 0. The molecule has 7 heteroatoms. The summed E-state index contributed by atoms with van der Waals surface area (Å²) in [6.07, 6.45) is 4.15. The summed E-state index contributed by atoms with van der Waals surface area (Å²) in [5.74, 6) is 0.483. The molecule has 1 atom stereocenters. The summed E-state index contributed by atoms with van der Waals surface area (Å²) in [4.78, 5) is 18.5. The number of nitrogens with zero attached hydrogens (tertiary/aromatic N) is 2. The van der Waals surface area contributed by atoms with Gasteiger partial charge in [-0.05, 0) is 36.3 Å². The van der Waals surface area contributed by atoms with Crippen molar-refractivity contribution in [1.29, 1.82) is 0 Å². The van der Waals surface area contributed by atoms with Crippen LogP contribution in [0.2, 0.25) is 0 Å². The van der Waals surface area contributed by atoms with Crippen molar-refractivity contribution in [1.82, 2.24) is 10.3 Å². The Morgan fingerprint density at radius 2 is 2.38 bits per heavy atom. The van der Waals surface area contributed by atoms with Crippen LogP contribution in [0.1, 0.15) is 12.8 Å². The fourth-order valence-electron chi connectivity index (χ4n) is 2.52. The van der Waals surface area contributed by atoms with E-state index in [1.54, 1.807) is 11.3 Å². The van der Waals surface area contributed by atoms with E-state index in [4.69, 9.17) is 0 Å². The van der Waals surface area contributed by atoms with E-state index in [9.17, 15) is 4.79 Å². The van der Waals surface area contributed by atoms with Crippen LogP contribution < -0.4 is 15.5 Å². The van der Waals surface area contributed by atoms with E-state index in [0.717, 1.165) is 36.1 Å². The second kappa shape index (κ2) is 6.91. The van der Waals surface area contributed by atoms with Crippen LogP contribution in [0.15, 0.2) is 29.1 Å². The minimum absolute atomic E-state index is 0.121. The number of nitrogens with one attached hydrogen (secondary N) is 2. The summed E-state index contributed by atoms with van der Waals surface area (Å²) in [6, 6.07) is 3.70. The number of carbonyl (C=O) groups excluding carboxylic acids is 1. The van der Waals surface area contributed by atoms with Crippen LogP contribution in [0.4, 0.5) is 14.9 Å². The van der Waals surface area contributed by atoms with Gasteiger partial charge in [-0.2, -0.15) is 0 Å². The Hall–Kier alpha value is -1.60. The third-order valence-electron chi connectivity index (χ3n) is 3.52. The lowest BCUT2D eigenvalue weighted by Crippen LogP contribution is -2.41. The Morgan fingerprint density at radius 3 is 3.14 bits per heavy atom. The summed E-state index contributed by atoms with van der Waals surface area (Å²) in [5, 5.41) is 11.7. The standard InChI is InChI=1S/C14H18N4OS2/c19-13(17-12-4-2-7-20-12)16-9-11-3-1-6-18(10-11)14-15-5-8-21-14/h2,4-5,7-8,11H,1,3,6,9-10H2,(H2,16,17,19). The minimum Gasteiger partial charge on any atom is -0.348 e. The van der Waals surface area contributed by atoms with Gasteiger partial charge in [0.15, 0.2) is 5.13 Å². The molecule has 2 N–H and O–H groups in total. The Balaban J connectivity index is 1.45. The van der Waals surface area contributed by atoms with Crippen LogP contribution in [0, 0.1) is 5.92 Å². The number of aromatic nitrogens is 1. The summed E-state index contributed by atoms with van der Waals surface area (Å²) in [6.45, 7) is 2.73. The molecule has 1 aliphatic rings. The van der Waals surface area contributed by atoms with E-state index in [-0.39, 0.29) is 6.03 Å². The van der Waals surface area contributed by atoms with E-state index in [0.29, 0.717) is 12.5 Å². The predicted molar refractivity (Wildman–Crippen MR) is 88.4 cm³/mol. The average molecular weight is 322 g/mol. The molecule has 0 spiro atoms. The first-order chi connectivity index (χ1) is 10.3. The molecule has 3 heterocycles. The van der Waals surface area contributed by atoms with E-state index in [1.807, 2.05) is 29.1 Å². The molecule has 0 bridgehead atoms. The third kappa shape index (κ3) is 3.95. The molecule has 1 unspecified atom stereocenters. The van der Waals surface area contributed by atoms with Gasteiger partial charge in [0.05, 0.1) is 5.00 Å². The zero-order valence-corrected chi connectivity index (χ0v) is 13.3. The third-order valence-corrected chi connectivity index (χ3v) is 5.14. The highest BCUT2D eigenvalue weighted by molar-refractivity contribution is 7.14. The molecule has 21 heavy (non-hydrogen) atoms. The molecule has 2 amide bonds. The van der Waals surface area contributed by atoms with Crippen LogP contribution in [0.25, 0.3) is 0 Å². The molecule has 0 aliphatic carbocycles. The Morgan fingerprint density at radius 1 is 1.43 bits per heavy atom. The SMILES string of the molecule is O=C(NCC1CCCN(c2nccs2)C1)Nc1cccs1. The van der Waals surface area contributed by atoms with Gasteiger partial charge >= 0.3 is 6.03 Å². The number of thiazole rings is 1. The van der Waals surface area contributed by atoms with Gasteiger partial charge < -0.3 is 10.2 Å². The molecule has 2 aromatic heterocycles. The lowest BCUT2D eigenvalue weighted by Gasteiger charge is -2.32. The molecule has 1 saturated heterocycles. The number of amides is 2. The first-order valence-corrected chi connectivity index (χ1v) is 8.80. The van der Waals surface area contributed by atoms with Crippen molar-refractivity contribution < 1.29 is 4.79 Å². The molecule has 0 radical (unpaired) electrons. The van der Waals surface area contributed by atoms with Crippen LogP contribution in [0.5, 0.6) is 0 Å². The highest BCUT2D eigenvalue weighted by Crippen LogP contribution is 2.24. The van der Waals surface area contributed by atoms with E-state index >= 15 is 0 Å². The fraction of sp³-hybridized carbons (Fsp3) is 0.429. The molecular weight excluding hydrogens is 304 g/mol. The molecule has 3 rings (SSSR count). The molecule has 1 aliphatic heterocycles. The van der Waals surface area contributed by atoms with Crippen molar-refractivity contribution in [3.8, 4) is 0 Å². The molecule has 2 aromatic rings. The Bertz CT molecular complexity index is 556. The van der Waals surface area contributed by atoms with Crippen molar-refractivity contribution in [3.63, 3.8) is 0 Å². The number of piperidine rings is 1. The topological polar surface area (TPSA) is 57.3 Å². The van der Waals surface area contributed by atoms with E-state index in [2.05, 4.69) is 20.5 Å². The Kier molecular flexibility index (Phi) is 4.72. The van der Waals surface area contributed by atoms with Gasteiger partial charge in [0.25, 0.3) is 0 Å². The number of carbonyl (C=O) groups is 1. The zero-order chi connectivity index (χ0) is 14.5. The van der Waals surface area contributed by atoms with Crippen LogP contribution in [-0.2, 0) is 0 Å². The molecule has 1 fully saturated rings. The van der Waals surface area contributed by atoms with E-state index < -0.39 is 0 Å². The van der Waals surface area contributed by atoms with Crippen molar-refractivity contribution in [3.05, 3.63) is 29.1 Å². The van der Waals surface area contributed by atoms with Crippen LogP contribution in [-0.4, -0.2) is 30.6 Å². The molecule has 0 saturated carbocycles. The maximum Gasteiger partial charge on any atom is 0.319 e. The van der Waals surface area contributed by atoms with Gasteiger partial charge in [0, 0.05) is 31.2 Å². The predicted octanol–water partition coefficient (Wildman–Crippen LogP) is 3.24. The Labute approximate surface area is 132 Å². The number of rotatable bonds is 4. The highest BCUT2D eigenvalue weighted by atomic mass is 32.1. The number of urea groups is 1. The largest absolute Gasteiger partial charge is 0.348 e. The van der Waals surface area contributed by atoms with Crippen LogP contribution in [0.3, 0.4) is 0 Å². The highest BCUT2D eigenvalue weighted by Gasteiger charge is 2.21. The maximum atomic E-state index is 11.8. The number of hydrogen-bond acceptors (Lipinski definition) is 5. The second-order valence-corrected chi connectivity index (χ2v) is 6.90. The molecule has 0 aromatic carbocycles. The normalized spacial score (nSPS) is 18.5. The first kappa shape index (κ1) is 14.3. The monoisotopic (exact) mass is 322 g/mol. The van der Waals surface area contributed by atoms with E-state index in [1.165, 1.54) is 11.3 Å². The summed E-state index contributed by atoms with van der Waals surface area (Å²) in [7, 11) is 0. The fourth-order valence-corrected chi connectivity index (χ4v) is 3.81. The van der Waals surface area contributed by atoms with Crippen molar-refractivity contribution >= 4 is 38.8 Å². The van der Waals surface area contributed by atoms with Crippen molar-refractivity contribution in [2.75, 3.05) is 29.9 Å². The lowest BCUT2D eigenvalue weighted by molar-refractivity contribution is 0.249.